The zero-order chi connectivity index (χ0) is 33.0. The molecule has 5 atom stereocenters. The standard InChI is InChI=1S/C33H55N5O6S/c1-6-7-8-9-10-14-24(2)30(31(40)41)35-23-44-22-26-16-13-18-38(26)29(39)19-34-32(42)36-28(33(3,4)5)21-37-20-25-15-11-12-17-27(25)45(37)43/h11-12,15,17,24,26,28,30,35H,6-10,13-14,16,18-23H2,1-5H3,(H,40,41)(H2,34,36,42)/t24?,26-,28?,30?,45?/m0/s1. The maximum Gasteiger partial charge on any atom is 0.321 e. The molecule has 1 fully saturated rings. The Balaban J connectivity index is 1.41. The van der Waals surface area contributed by atoms with E-state index in [0.29, 0.717) is 26.2 Å². The molecule has 1 aromatic rings. The van der Waals surface area contributed by atoms with Gasteiger partial charge >= 0.3 is 12.0 Å². The van der Waals surface area contributed by atoms with E-state index in [9.17, 15) is 23.7 Å². The van der Waals surface area contributed by atoms with Crippen LogP contribution in [0.5, 0.6) is 0 Å². The lowest BCUT2D eigenvalue weighted by molar-refractivity contribution is -0.141. The van der Waals surface area contributed by atoms with Crippen LogP contribution in [0.3, 0.4) is 0 Å². The maximum absolute atomic E-state index is 13.1. The van der Waals surface area contributed by atoms with Gasteiger partial charge in [-0.1, -0.05) is 84.9 Å². The number of likely N-dealkylation sites (tertiary alicyclic amines) is 1. The van der Waals surface area contributed by atoms with Gasteiger partial charge in [-0.15, -0.1) is 0 Å². The molecule has 45 heavy (non-hydrogen) atoms. The van der Waals surface area contributed by atoms with Gasteiger partial charge in [-0.05, 0) is 42.2 Å². The van der Waals surface area contributed by atoms with E-state index in [1.54, 1.807) is 4.90 Å². The van der Waals surface area contributed by atoms with Gasteiger partial charge in [0.2, 0.25) is 5.91 Å². The fraction of sp³-hybridized carbons (Fsp3) is 0.727. The molecule has 0 aromatic heterocycles. The summed E-state index contributed by atoms with van der Waals surface area (Å²) >= 11 is 0. The van der Waals surface area contributed by atoms with E-state index in [1.165, 1.54) is 19.3 Å². The average molecular weight is 650 g/mol. The number of nitrogens with one attached hydrogen (secondary N) is 3. The number of aliphatic carboxylic acids is 1. The fourth-order valence-corrected chi connectivity index (χ4v) is 7.35. The Morgan fingerprint density at radius 1 is 1.13 bits per heavy atom. The van der Waals surface area contributed by atoms with Crippen LogP contribution in [0.15, 0.2) is 29.2 Å². The average Bonchev–Trinajstić information content (AvgIpc) is 3.59. The summed E-state index contributed by atoms with van der Waals surface area (Å²) < 4.78 is 20.7. The van der Waals surface area contributed by atoms with Crippen LogP contribution in [0.4, 0.5) is 4.79 Å². The van der Waals surface area contributed by atoms with E-state index in [2.05, 4.69) is 22.9 Å². The third-order valence-electron chi connectivity index (χ3n) is 8.89. The number of carboxylic acids is 1. The normalized spacial score (nSPS) is 20.4. The highest BCUT2D eigenvalue weighted by molar-refractivity contribution is 7.83. The molecule has 0 saturated carbocycles. The SMILES string of the molecule is CCCCCCCC(C)C(NCOC[C@@H]1CCCN1C(=O)CNC(=O)NC(CN1Cc2ccccc2S1=O)C(C)(C)C)C(=O)O. The Morgan fingerprint density at radius 3 is 2.56 bits per heavy atom. The molecule has 0 aliphatic carbocycles. The first kappa shape index (κ1) is 36.9. The fourth-order valence-electron chi connectivity index (χ4n) is 5.98. The van der Waals surface area contributed by atoms with E-state index in [-0.39, 0.29) is 42.6 Å². The Labute approximate surface area is 271 Å². The minimum Gasteiger partial charge on any atom is -0.480 e. The highest BCUT2D eigenvalue weighted by Crippen LogP contribution is 2.29. The van der Waals surface area contributed by atoms with Crippen molar-refractivity contribution < 1.29 is 28.4 Å². The highest BCUT2D eigenvalue weighted by Gasteiger charge is 2.35. The number of hydrogen-bond donors (Lipinski definition) is 4. The summed E-state index contributed by atoms with van der Waals surface area (Å²) in [5.74, 6) is -1.08. The number of ether oxygens (including phenoxy) is 1. The van der Waals surface area contributed by atoms with E-state index in [0.717, 1.165) is 42.6 Å². The zero-order valence-corrected chi connectivity index (χ0v) is 28.6. The Bertz CT molecular complexity index is 1140. The second-order valence-corrected chi connectivity index (χ2v) is 15.0. The first-order valence-electron chi connectivity index (χ1n) is 16.5. The summed E-state index contributed by atoms with van der Waals surface area (Å²) in [5, 5.41) is 18.5. The molecular formula is C33H55N5O6S. The smallest absolute Gasteiger partial charge is 0.321 e. The highest BCUT2D eigenvalue weighted by atomic mass is 32.2. The van der Waals surface area contributed by atoms with Crippen LogP contribution in [-0.2, 0) is 31.9 Å². The molecule has 12 heteroatoms. The third-order valence-corrected chi connectivity index (χ3v) is 10.4. The number of unbranched alkanes of at least 4 members (excludes halogenated alkanes) is 4. The summed E-state index contributed by atoms with van der Waals surface area (Å²) in [7, 11) is -1.28. The summed E-state index contributed by atoms with van der Waals surface area (Å²) in [5.41, 5.74) is 0.723. The van der Waals surface area contributed by atoms with Crippen molar-refractivity contribution in [2.45, 2.75) is 116 Å². The van der Waals surface area contributed by atoms with Crippen molar-refractivity contribution in [3.8, 4) is 0 Å². The van der Waals surface area contributed by atoms with Crippen molar-refractivity contribution in [2.75, 3.05) is 33.0 Å². The van der Waals surface area contributed by atoms with Crippen molar-refractivity contribution in [1.82, 2.24) is 25.2 Å². The number of carbonyl (C=O) groups is 3. The molecule has 2 aliphatic heterocycles. The Hall–Kier alpha value is -2.54. The van der Waals surface area contributed by atoms with Gasteiger partial charge in [-0.25, -0.2) is 13.3 Å². The minimum absolute atomic E-state index is 0.0128. The van der Waals surface area contributed by atoms with E-state index < -0.39 is 29.0 Å². The van der Waals surface area contributed by atoms with E-state index in [1.807, 2.05) is 56.3 Å². The van der Waals surface area contributed by atoms with Gasteiger partial charge in [-0.2, -0.15) is 0 Å². The molecule has 0 spiro atoms. The van der Waals surface area contributed by atoms with E-state index >= 15 is 0 Å². The predicted octanol–water partition coefficient (Wildman–Crippen LogP) is 4.24. The topological polar surface area (TPSA) is 140 Å². The Kier molecular flexibility index (Phi) is 14.7. The van der Waals surface area contributed by atoms with Gasteiger partial charge in [0.25, 0.3) is 0 Å². The van der Waals surface area contributed by atoms with Crippen LogP contribution >= 0.6 is 0 Å². The number of fused-ring (bicyclic) bond motifs is 1. The maximum atomic E-state index is 13.1. The molecule has 1 aromatic carbocycles. The van der Waals surface area contributed by atoms with Gasteiger partial charge in [0, 0.05) is 25.7 Å². The van der Waals surface area contributed by atoms with Gasteiger partial charge < -0.3 is 25.4 Å². The van der Waals surface area contributed by atoms with Crippen LogP contribution in [0.25, 0.3) is 0 Å². The first-order valence-corrected chi connectivity index (χ1v) is 17.7. The molecule has 0 bridgehead atoms. The molecule has 4 unspecified atom stereocenters. The molecule has 11 nitrogen and oxygen atoms in total. The summed E-state index contributed by atoms with van der Waals surface area (Å²) in [4.78, 5) is 40.3. The number of urea groups is 1. The number of carbonyl (C=O) groups excluding carboxylic acids is 2. The number of amides is 3. The molecule has 3 rings (SSSR count). The monoisotopic (exact) mass is 649 g/mol. The lowest BCUT2D eigenvalue weighted by Crippen LogP contribution is -2.54. The van der Waals surface area contributed by atoms with E-state index in [4.69, 9.17) is 4.74 Å². The molecule has 4 N–H and O–H groups in total. The van der Waals surface area contributed by atoms with Crippen LogP contribution in [0, 0.1) is 11.3 Å². The molecule has 0 radical (unpaired) electrons. The number of rotatable bonds is 18. The van der Waals surface area contributed by atoms with Crippen LogP contribution < -0.4 is 16.0 Å². The molecule has 3 amide bonds. The Morgan fingerprint density at radius 2 is 1.87 bits per heavy atom. The molecule has 254 valence electrons. The van der Waals surface area contributed by atoms with Crippen LogP contribution in [-0.4, -0.2) is 87.5 Å². The predicted molar refractivity (Wildman–Crippen MR) is 176 cm³/mol. The van der Waals surface area contributed by atoms with Crippen molar-refractivity contribution >= 4 is 28.9 Å². The lowest BCUT2D eigenvalue weighted by Gasteiger charge is -2.34. The largest absolute Gasteiger partial charge is 0.480 e. The lowest BCUT2D eigenvalue weighted by atomic mass is 9.86. The quantitative estimate of drug-likeness (QED) is 0.138. The molecular weight excluding hydrogens is 594 g/mol. The second-order valence-electron chi connectivity index (χ2n) is 13.5. The van der Waals surface area contributed by atoms with Crippen LogP contribution in [0.1, 0.15) is 91.5 Å². The minimum atomic E-state index is -1.28. The molecule has 1 saturated heterocycles. The van der Waals surface area contributed by atoms with Crippen molar-refractivity contribution in [2.24, 2.45) is 11.3 Å². The first-order chi connectivity index (χ1) is 21.4. The zero-order valence-electron chi connectivity index (χ0n) is 27.8. The summed E-state index contributed by atoms with van der Waals surface area (Å²) in [6.45, 7) is 12.0. The van der Waals surface area contributed by atoms with Crippen molar-refractivity contribution in [3.63, 3.8) is 0 Å². The van der Waals surface area contributed by atoms with Crippen molar-refractivity contribution in [3.05, 3.63) is 29.8 Å². The van der Waals surface area contributed by atoms with Gasteiger partial charge in [-0.3, -0.25) is 14.9 Å². The number of nitrogens with zero attached hydrogens (tertiary/aromatic N) is 2. The van der Waals surface area contributed by atoms with Gasteiger partial charge in [0.1, 0.15) is 17.0 Å². The van der Waals surface area contributed by atoms with Gasteiger partial charge in [0.15, 0.2) is 0 Å². The molecule has 2 aliphatic rings. The summed E-state index contributed by atoms with van der Waals surface area (Å²) in [6.07, 6.45) is 8.19. The molecule has 2 heterocycles. The number of carboxylic acid groups (broad SMARTS) is 1. The van der Waals surface area contributed by atoms with Crippen LogP contribution in [0.2, 0.25) is 0 Å². The van der Waals surface area contributed by atoms with Gasteiger partial charge in [0.05, 0.1) is 30.8 Å². The third kappa shape index (κ3) is 11.3. The van der Waals surface area contributed by atoms with Crippen molar-refractivity contribution in [1.29, 1.82) is 0 Å². The summed E-state index contributed by atoms with van der Waals surface area (Å²) in [6, 6.07) is 6.11. The number of benzene rings is 1. The second kappa shape index (κ2) is 18.0. The number of hydrogen-bond acceptors (Lipinski definition) is 6.